The Morgan fingerprint density at radius 1 is 1.24 bits per heavy atom. The number of hydrogen-bond acceptors (Lipinski definition) is 4. The first-order valence-corrected chi connectivity index (χ1v) is 8.46. The number of nitrogens with zero attached hydrogens (tertiary/aromatic N) is 1. The van der Waals surface area contributed by atoms with Gasteiger partial charge in [-0.05, 0) is 31.6 Å². The molecule has 1 aliphatic heterocycles. The molecule has 122 valence electrons. The first-order chi connectivity index (χ1) is 10.1. The minimum Gasteiger partial charge on any atom is -0.480 e. The van der Waals surface area contributed by atoms with Crippen molar-refractivity contribution < 1.29 is 15.0 Å². The summed E-state index contributed by atoms with van der Waals surface area (Å²) in [6, 6.07) is 0.889. The number of aliphatic hydroxyl groups excluding tert-OH is 1. The van der Waals surface area contributed by atoms with Crippen molar-refractivity contribution in [2.45, 2.75) is 70.1 Å². The van der Waals surface area contributed by atoms with E-state index in [2.05, 4.69) is 5.32 Å². The molecular weight excluding hydrogens is 268 g/mol. The topological polar surface area (TPSA) is 72.8 Å². The Balaban J connectivity index is 1.92. The molecule has 3 N–H and O–H groups in total. The molecule has 3 atom stereocenters. The summed E-state index contributed by atoms with van der Waals surface area (Å²) in [6.07, 6.45) is 7.77. The third-order valence-corrected chi connectivity index (χ3v) is 4.96. The molecule has 2 fully saturated rings. The number of carboxylic acid groups (broad SMARTS) is 1. The number of carbonyl (C=O) groups is 1. The molecule has 1 saturated carbocycles. The van der Waals surface area contributed by atoms with Crippen LogP contribution in [0.15, 0.2) is 0 Å². The predicted molar refractivity (Wildman–Crippen MR) is 82.3 cm³/mol. The molecule has 1 aliphatic carbocycles. The van der Waals surface area contributed by atoms with Gasteiger partial charge in [-0.15, -0.1) is 0 Å². The largest absolute Gasteiger partial charge is 0.480 e. The maximum absolute atomic E-state index is 11.0. The molecule has 0 bridgehead atoms. The molecule has 5 heteroatoms. The van der Waals surface area contributed by atoms with E-state index in [9.17, 15) is 9.90 Å². The van der Waals surface area contributed by atoms with Crippen LogP contribution in [-0.4, -0.2) is 58.9 Å². The number of aliphatic carboxylic acids is 1. The number of likely N-dealkylation sites (tertiary alicyclic amines) is 1. The Labute approximate surface area is 127 Å². The third kappa shape index (κ3) is 5.24. The maximum Gasteiger partial charge on any atom is 0.317 e. The zero-order valence-electron chi connectivity index (χ0n) is 13.1. The summed E-state index contributed by atoms with van der Waals surface area (Å²) < 4.78 is 0. The standard InChI is InChI=1S/C16H30N2O3/c1-2-15(19)12-8-14(10-18(9-12)11-16(20)21)17-13-6-4-3-5-7-13/h12-15,17,19H,2-11H2,1H3,(H,20,21). The average Bonchev–Trinajstić information content (AvgIpc) is 2.46. The Bertz CT molecular complexity index is 329. The molecule has 0 aromatic carbocycles. The maximum atomic E-state index is 11.0. The fourth-order valence-electron chi connectivity index (χ4n) is 3.89. The molecular formula is C16H30N2O3. The van der Waals surface area contributed by atoms with Gasteiger partial charge >= 0.3 is 5.97 Å². The number of hydrogen-bond donors (Lipinski definition) is 3. The van der Waals surface area contributed by atoms with Crippen LogP contribution in [0.4, 0.5) is 0 Å². The van der Waals surface area contributed by atoms with E-state index in [-0.39, 0.29) is 18.6 Å². The first-order valence-electron chi connectivity index (χ1n) is 8.46. The molecule has 0 aromatic heterocycles. The number of rotatable bonds is 6. The third-order valence-electron chi connectivity index (χ3n) is 4.96. The van der Waals surface area contributed by atoms with Gasteiger partial charge in [-0.3, -0.25) is 9.69 Å². The van der Waals surface area contributed by atoms with Crippen LogP contribution in [0.25, 0.3) is 0 Å². The second-order valence-electron chi connectivity index (χ2n) is 6.76. The van der Waals surface area contributed by atoms with Crippen molar-refractivity contribution in [3.8, 4) is 0 Å². The van der Waals surface area contributed by atoms with E-state index < -0.39 is 5.97 Å². The van der Waals surface area contributed by atoms with Gasteiger partial charge in [0.05, 0.1) is 12.6 Å². The highest BCUT2D eigenvalue weighted by atomic mass is 16.4. The Morgan fingerprint density at radius 3 is 2.57 bits per heavy atom. The highest BCUT2D eigenvalue weighted by Gasteiger charge is 2.32. The second kappa shape index (κ2) is 8.11. The minimum absolute atomic E-state index is 0.0791. The minimum atomic E-state index is -0.780. The molecule has 21 heavy (non-hydrogen) atoms. The highest BCUT2D eigenvalue weighted by molar-refractivity contribution is 5.69. The highest BCUT2D eigenvalue weighted by Crippen LogP contribution is 2.24. The molecule has 1 saturated heterocycles. The van der Waals surface area contributed by atoms with Gasteiger partial charge in [0.25, 0.3) is 0 Å². The van der Waals surface area contributed by atoms with Crippen molar-refractivity contribution >= 4 is 5.97 Å². The summed E-state index contributed by atoms with van der Waals surface area (Å²) in [5.74, 6) is -0.595. The van der Waals surface area contributed by atoms with E-state index in [0.717, 1.165) is 19.4 Å². The molecule has 2 aliphatic rings. The molecule has 2 rings (SSSR count). The average molecular weight is 298 g/mol. The van der Waals surface area contributed by atoms with E-state index in [1.807, 2.05) is 11.8 Å². The van der Waals surface area contributed by atoms with Crippen LogP contribution in [0.5, 0.6) is 0 Å². The van der Waals surface area contributed by atoms with Gasteiger partial charge in [0.1, 0.15) is 0 Å². The zero-order valence-corrected chi connectivity index (χ0v) is 13.1. The molecule has 0 amide bonds. The van der Waals surface area contributed by atoms with Crippen LogP contribution in [0.2, 0.25) is 0 Å². The molecule has 5 nitrogen and oxygen atoms in total. The van der Waals surface area contributed by atoms with E-state index in [1.54, 1.807) is 0 Å². The summed E-state index contributed by atoms with van der Waals surface area (Å²) in [5.41, 5.74) is 0. The Morgan fingerprint density at radius 2 is 1.95 bits per heavy atom. The summed E-state index contributed by atoms with van der Waals surface area (Å²) in [4.78, 5) is 13.0. The summed E-state index contributed by atoms with van der Waals surface area (Å²) in [5, 5.41) is 22.9. The predicted octanol–water partition coefficient (Wildman–Crippen LogP) is 1.45. The van der Waals surface area contributed by atoms with Crippen molar-refractivity contribution in [3.05, 3.63) is 0 Å². The van der Waals surface area contributed by atoms with E-state index in [4.69, 9.17) is 5.11 Å². The number of aliphatic hydroxyl groups is 1. The van der Waals surface area contributed by atoms with E-state index in [1.165, 1.54) is 32.1 Å². The SMILES string of the molecule is CCC(O)C1CC(NC2CCCCC2)CN(CC(=O)O)C1. The number of piperidine rings is 1. The summed E-state index contributed by atoms with van der Waals surface area (Å²) >= 11 is 0. The summed E-state index contributed by atoms with van der Waals surface area (Å²) in [7, 11) is 0. The fourth-order valence-corrected chi connectivity index (χ4v) is 3.89. The van der Waals surface area contributed by atoms with Crippen LogP contribution in [0, 0.1) is 5.92 Å². The van der Waals surface area contributed by atoms with Gasteiger partial charge < -0.3 is 15.5 Å². The lowest BCUT2D eigenvalue weighted by molar-refractivity contribution is -0.139. The second-order valence-corrected chi connectivity index (χ2v) is 6.76. The Hall–Kier alpha value is -0.650. The van der Waals surface area contributed by atoms with Crippen LogP contribution >= 0.6 is 0 Å². The lowest BCUT2D eigenvalue weighted by Gasteiger charge is -2.41. The molecule has 0 spiro atoms. The zero-order chi connectivity index (χ0) is 15.2. The fraction of sp³-hybridized carbons (Fsp3) is 0.938. The van der Waals surface area contributed by atoms with Crippen LogP contribution in [-0.2, 0) is 4.79 Å². The van der Waals surface area contributed by atoms with Crippen molar-refractivity contribution in [2.24, 2.45) is 5.92 Å². The summed E-state index contributed by atoms with van der Waals surface area (Å²) in [6.45, 7) is 3.56. The first kappa shape index (κ1) is 16.7. The molecule has 3 unspecified atom stereocenters. The van der Waals surface area contributed by atoms with Gasteiger partial charge in [-0.25, -0.2) is 0 Å². The van der Waals surface area contributed by atoms with E-state index in [0.29, 0.717) is 18.6 Å². The van der Waals surface area contributed by atoms with Gasteiger partial charge in [0, 0.05) is 25.2 Å². The van der Waals surface area contributed by atoms with Crippen LogP contribution < -0.4 is 5.32 Å². The smallest absolute Gasteiger partial charge is 0.317 e. The van der Waals surface area contributed by atoms with Gasteiger partial charge in [-0.2, -0.15) is 0 Å². The van der Waals surface area contributed by atoms with Gasteiger partial charge in [-0.1, -0.05) is 26.2 Å². The lowest BCUT2D eigenvalue weighted by atomic mass is 9.87. The monoisotopic (exact) mass is 298 g/mol. The van der Waals surface area contributed by atoms with Crippen molar-refractivity contribution in [3.63, 3.8) is 0 Å². The van der Waals surface area contributed by atoms with Crippen LogP contribution in [0.1, 0.15) is 51.9 Å². The van der Waals surface area contributed by atoms with Crippen molar-refractivity contribution in [2.75, 3.05) is 19.6 Å². The number of nitrogens with one attached hydrogen (secondary N) is 1. The van der Waals surface area contributed by atoms with E-state index >= 15 is 0 Å². The van der Waals surface area contributed by atoms with Crippen molar-refractivity contribution in [1.29, 1.82) is 0 Å². The van der Waals surface area contributed by atoms with Gasteiger partial charge in [0.2, 0.25) is 0 Å². The lowest BCUT2D eigenvalue weighted by Crippen LogP contribution is -2.55. The number of carboxylic acids is 1. The molecule has 0 radical (unpaired) electrons. The molecule has 1 heterocycles. The quantitative estimate of drug-likeness (QED) is 0.692. The normalized spacial score (nSPS) is 30.2. The Kier molecular flexibility index (Phi) is 6.45. The van der Waals surface area contributed by atoms with Crippen molar-refractivity contribution in [1.82, 2.24) is 10.2 Å². The molecule has 0 aromatic rings. The van der Waals surface area contributed by atoms with Crippen LogP contribution in [0.3, 0.4) is 0 Å². The van der Waals surface area contributed by atoms with Gasteiger partial charge in [0.15, 0.2) is 0 Å².